The molecule has 0 aliphatic heterocycles. The predicted octanol–water partition coefficient (Wildman–Crippen LogP) is 3.13. The molecule has 0 aromatic heterocycles. The molecule has 0 fully saturated rings. The summed E-state index contributed by atoms with van der Waals surface area (Å²) < 4.78 is 53.0. The third kappa shape index (κ3) is 2.37. The quantitative estimate of drug-likeness (QED) is 0.693. The van der Waals surface area contributed by atoms with E-state index in [0.29, 0.717) is 12.5 Å². The van der Waals surface area contributed by atoms with Gasteiger partial charge in [-0.15, -0.1) is 0 Å². The number of benzene rings is 1. The SMILES string of the molecule is CCc1cc(F)c(F)cc1OC(F)F. The minimum absolute atomic E-state index is 0.212. The van der Waals surface area contributed by atoms with Crippen LogP contribution in [-0.4, -0.2) is 6.61 Å². The molecular weight excluding hydrogens is 200 g/mol. The minimum Gasteiger partial charge on any atom is -0.434 e. The van der Waals surface area contributed by atoms with Crippen molar-refractivity contribution in [2.45, 2.75) is 20.0 Å². The zero-order valence-corrected chi connectivity index (χ0v) is 7.36. The molecule has 0 spiro atoms. The van der Waals surface area contributed by atoms with Crippen molar-refractivity contribution in [3.63, 3.8) is 0 Å². The van der Waals surface area contributed by atoms with E-state index in [2.05, 4.69) is 4.74 Å². The fourth-order valence-corrected chi connectivity index (χ4v) is 1.05. The van der Waals surface area contributed by atoms with Crippen LogP contribution in [-0.2, 0) is 6.42 Å². The Morgan fingerprint density at radius 2 is 1.79 bits per heavy atom. The predicted molar refractivity (Wildman–Crippen MR) is 42.4 cm³/mol. The molecule has 0 aliphatic carbocycles. The summed E-state index contributed by atoms with van der Waals surface area (Å²) >= 11 is 0. The van der Waals surface area contributed by atoms with Crippen LogP contribution in [0.4, 0.5) is 17.6 Å². The van der Waals surface area contributed by atoms with E-state index in [1.807, 2.05) is 0 Å². The van der Waals surface area contributed by atoms with Crippen molar-refractivity contribution in [1.29, 1.82) is 0 Å². The second kappa shape index (κ2) is 4.30. The van der Waals surface area contributed by atoms with Gasteiger partial charge in [-0.1, -0.05) is 6.92 Å². The molecule has 1 aromatic rings. The highest BCUT2D eigenvalue weighted by Crippen LogP contribution is 2.24. The molecule has 0 unspecified atom stereocenters. The van der Waals surface area contributed by atoms with Gasteiger partial charge in [0.25, 0.3) is 0 Å². The summed E-state index contributed by atoms with van der Waals surface area (Å²) in [5, 5.41) is 0. The van der Waals surface area contributed by atoms with E-state index in [0.717, 1.165) is 6.07 Å². The molecule has 0 bridgehead atoms. The lowest BCUT2D eigenvalue weighted by atomic mass is 10.1. The van der Waals surface area contributed by atoms with Crippen molar-refractivity contribution in [3.05, 3.63) is 29.3 Å². The summed E-state index contributed by atoms with van der Waals surface area (Å²) in [6.07, 6.45) is 0.291. The number of halogens is 4. The molecule has 78 valence electrons. The third-order valence-electron chi connectivity index (χ3n) is 1.70. The van der Waals surface area contributed by atoms with Gasteiger partial charge in [0, 0.05) is 6.07 Å². The molecule has 0 atom stereocenters. The lowest BCUT2D eigenvalue weighted by Crippen LogP contribution is -2.05. The maximum absolute atomic E-state index is 12.7. The van der Waals surface area contributed by atoms with Crippen molar-refractivity contribution in [3.8, 4) is 5.75 Å². The Bertz CT molecular complexity index is 325. The molecule has 0 saturated carbocycles. The van der Waals surface area contributed by atoms with Gasteiger partial charge >= 0.3 is 6.61 Å². The molecule has 14 heavy (non-hydrogen) atoms. The Labute approximate surface area is 78.3 Å². The first-order chi connectivity index (χ1) is 6.54. The van der Waals surface area contributed by atoms with E-state index >= 15 is 0 Å². The van der Waals surface area contributed by atoms with E-state index in [-0.39, 0.29) is 11.3 Å². The third-order valence-corrected chi connectivity index (χ3v) is 1.70. The second-order valence-corrected chi connectivity index (χ2v) is 2.61. The molecule has 5 heteroatoms. The van der Waals surface area contributed by atoms with Crippen LogP contribution < -0.4 is 4.74 Å². The molecule has 0 N–H and O–H groups in total. The molecule has 0 heterocycles. The van der Waals surface area contributed by atoms with Gasteiger partial charge < -0.3 is 4.74 Å². The van der Waals surface area contributed by atoms with Crippen molar-refractivity contribution in [2.75, 3.05) is 0 Å². The fraction of sp³-hybridized carbons (Fsp3) is 0.333. The second-order valence-electron chi connectivity index (χ2n) is 2.61. The average Bonchev–Trinajstić information content (AvgIpc) is 2.10. The summed E-state index contributed by atoms with van der Waals surface area (Å²) in [6.45, 7) is -1.41. The molecular formula is C9H8F4O. The fourth-order valence-electron chi connectivity index (χ4n) is 1.05. The lowest BCUT2D eigenvalue weighted by Gasteiger charge is -2.09. The van der Waals surface area contributed by atoms with Gasteiger partial charge in [-0.25, -0.2) is 8.78 Å². The molecule has 0 aliphatic rings. The van der Waals surface area contributed by atoms with E-state index in [1.54, 1.807) is 6.92 Å². The van der Waals surface area contributed by atoms with Gasteiger partial charge in [-0.2, -0.15) is 8.78 Å². The highest BCUT2D eigenvalue weighted by molar-refractivity contribution is 5.34. The van der Waals surface area contributed by atoms with Crippen LogP contribution in [0.25, 0.3) is 0 Å². The zero-order valence-electron chi connectivity index (χ0n) is 7.36. The monoisotopic (exact) mass is 208 g/mol. The van der Waals surface area contributed by atoms with E-state index < -0.39 is 18.2 Å². The van der Waals surface area contributed by atoms with Gasteiger partial charge in [0.1, 0.15) is 5.75 Å². The van der Waals surface area contributed by atoms with E-state index in [1.165, 1.54) is 0 Å². The Hall–Kier alpha value is -1.26. The Morgan fingerprint density at radius 1 is 1.21 bits per heavy atom. The molecule has 1 rings (SSSR count). The number of rotatable bonds is 3. The topological polar surface area (TPSA) is 9.23 Å². The normalized spacial score (nSPS) is 10.7. The number of alkyl halides is 2. The maximum Gasteiger partial charge on any atom is 0.387 e. The van der Waals surface area contributed by atoms with Crippen LogP contribution in [0.15, 0.2) is 12.1 Å². The van der Waals surface area contributed by atoms with Gasteiger partial charge in [-0.3, -0.25) is 0 Å². The first kappa shape index (κ1) is 10.8. The first-order valence-corrected chi connectivity index (χ1v) is 3.97. The number of ether oxygens (including phenoxy) is 1. The minimum atomic E-state index is -3.04. The van der Waals surface area contributed by atoms with Crippen LogP contribution >= 0.6 is 0 Å². The Kier molecular flexibility index (Phi) is 3.33. The van der Waals surface area contributed by atoms with E-state index in [9.17, 15) is 17.6 Å². The number of hydrogen-bond donors (Lipinski definition) is 0. The lowest BCUT2D eigenvalue weighted by molar-refractivity contribution is -0.0506. The van der Waals surface area contributed by atoms with Crippen molar-refractivity contribution >= 4 is 0 Å². The van der Waals surface area contributed by atoms with Crippen molar-refractivity contribution in [1.82, 2.24) is 0 Å². The smallest absolute Gasteiger partial charge is 0.387 e. The van der Waals surface area contributed by atoms with Crippen LogP contribution in [0.2, 0.25) is 0 Å². The standard InChI is InChI=1S/C9H8F4O/c1-2-5-3-6(10)7(11)4-8(5)14-9(12)13/h3-4,9H,2H2,1H3. The number of hydrogen-bond acceptors (Lipinski definition) is 1. The summed E-state index contributed by atoms with van der Waals surface area (Å²) in [7, 11) is 0. The van der Waals surface area contributed by atoms with Crippen LogP contribution in [0.3, 0.4) is 0 Å². The summed E-state index contributed by atoms with van der Waals surface area (Å²) in [6, 6.07) is 1.48. The summed E-state index contributed by atoms with van der Waals surface area (Å²) in [5.41, 5.74) is 0.212. The number of aryl methyl sites for hydroxylation is 1. The van der Waals surface area contributed by atoms with E-state index in [4.69, 9.17) is 0 Å². The molecule has 0 saturated heterocycles. The van der Waals surface area contributed by atoms with Gasteiger partial charge in [0.15, 0.2) is 11.6 Å². The molecule has 0 radical (unpaired) electrons. The summed E-state index contributed by atoms with van der Waals surface area (Å²) in [5.74, 6) is -2.58. The van der Waals surface area contributed by atoms with Crippen LogP contribution in [0.5, 0.6) is 5.75 Å². The van der Waals surface area contributed by atoms with Gasteiger partial charge in [0.2, 0.25) is 0 Å². The largest absolute Gasteiger partial charge is 0.434 e. The zero-order chi connectivity index (χ0) is 10.7. The van der Waals surface area contributed by atoms with Crippen LogP contribution in [0, 0.1) is 11.6 Å². The van der Waals surface area contributed by atoms with Crippen LogP contribution in [0.1, 0.15) is 12.5 Å². The van der Waals surface area contributed by atoms with Gasteiger partial charge in [0.05, 0.1) is 0 Å². The maximum atomic E-state index is 12.7. The molecule has 1 nitrogen and oxygen atoms in total. The Balaban J connectivity index is 3.07. The highest BCUT2D eigenvalue weighted by Gasteiger charge is 2.13. The Morgan fingerprint density at radius 3 is 2.29 bits per heavy atom. The molecule has 1 aromatic carbocycles. The first-order valence-electron chi connectivity index (χ1n) is 3.97. The van der Waals surface area contributed by atoms with Crippen molar-refractivity contribution in [2.24, 2.45) is 0 Å². The summed E-state index contributed by atoms with van der Waals surface area (Å²) in [4.78, 5) is 0. The van der Waals surface area contributed by atoms with Gasteiger partial charge in [-0.05, 0) is 18.1 Å². The van der Waals surface area contributed by atoms with Crippen molar-refractivity contribution < 1.29 is 22.3 Å². The molecule has 0 amide bonds. The highest BCUT2D eigenvalue weighted by atomic mass is 19.3. The average molecular weight is 208 g/mol.